The average Bonchev–Trinajstić information content (AvgIpc) is 2.91. The SMILES string of the molecule is O=C1S/C(=C\c2cc([N+](=O)[O-])ccc2Cl)C(=O)N1Cc1ccc([N+](=O)[O-])cc1. The van der Waals surface area contributed by atoms with Crippen LogP contribution in [0.4, 0.5) is 16.2 Å². The van der Waals surface area contributed by atoms with E-state index >= 15 is 0 Å². The molecule has 1 saturated heterocycles. The second-order valence-corrected chi connectivity index (χ2v) is 7.05. The second-order valence-electron chi connectivity index (χ2n) is 5.65. The molecule has 1 fully saturated rings. The summed E-state index contributed by atoms with van der Waals surface area (Å²) in [6.07, 6.45) is 1.33. The molecular weight excluding hydrogens is 410 g/mol. The molecule has 2 aromatic carbocycles. The Bertz CT molecular complexity index is 1040. The molecule has 0 spiro atoms. The molecule has 0 radical (unpaired) electrons. The minimum absolute atomic E-state index is 0.0529. The van der Waals surface area contributed by atoms with Crippen LogP contribution in [-0.2, 0) is 11.3 Å². The fourth-order valence-corrected chi connectivity index (χ4v) is 3.44. The number of imide groups is 1. The smallest absolute Gasteiger partial charge is 0.268 e. The lowest BCUT2D eigenvalue weighted by Crippen LogP contribution is -2.27. The summed E-state index contributed by atoms with van der Waals surface area (Å²) >= 11 is 6.72. The Kier molecular flexibility index (Phi) is 5.43. The number of thioether (sulfide) groups is 1. The lowest BCUT2D eigenvalue weighted by Gasteiger charge is -2.12. The van der Waals surface area contributed by atoms with Crippen molar-refractivity contribution in [3.63, 3.8) is 0 Å². The highest BCUT2D eigenvalue weighted by atomic mass is 35.5. The number of nitrogens with zero attached hydrogens (tertiary/aromatic N) is 3. The first-order valence-corrected chi connectivity index (χ1v) is 8.88. The molecule has 142 valence electrons. The normalized spacial score (nSPS) is 15.3. The number of amides is 2. The van der Waals surface area contributed by atoms with Crippen LogP contribution >= 0.6 is 23.4 Å². The number of rotatable bonds is 5. The predicted molar refractivity (Wildman–Crippen MR) is 103 cm³/mol. The van der Waals surface area contributed by atoms with Crippen molar-refractivity contribution in [2.45, 2.75) is 6.54 Å². The van der Waals surface area contributed by atoms with E-state index in [2.05, 4.69) is 0 Å². The molecule has 0 aromatic heterocycles. The van der Waals surface area contributed by atoms with Gasteiger partial charge in [0.15, 0.2) is 0 Å². The van der Waals surface area contributed by atoms with Crippen LogP contribution in [-0.4, -0.2) is 25.9 Å². The van der Waals surface area contributed by atoms with Crippen LogP contribution < -0.4 is 0 Å². The molecule has 0 bridgehead atoms. The topological polar surface area (TPSA) is 124 Å². The fraction of sp³-hybridized carbons (Fsp3) is 0.0588. The van der Waals surface area contributed by atoms with Gasteiger partial charge in [0.25, 0.3) is 22.5 Å². The molecule has 0 N–H and O–H groups in total. The van der Waals surface area contributed by atoms with Crippen LogP contribution in [0.1, 0.15) is 11.1 Å². The van der Waals surface area contributed by atoms with Crippen LogP contribution in [0, 0.1) is 20.2 Å². The molecule has 1 aliphatic heterocycles. The molecule has 2 aromatic rings. The largest absolute Gasteiger partial charge is 0.293 e. The maximum atomic E-state index is 12.6. The van der Waals surface area contributed by atoms with Crippen LogP contribution in [0.3, 0.4) is 0 Å². The lowest BCUT2D eigenvalue weighted by molar-refractivity contribution is -0.385. The number of hydrogen-bond donors (Lipinski definition) is 0. The summed E-state index contributed by atoms with van der Waals surface area (Å²) < 4.78 is 0. The Morgan fingerprint density at radius 1 is 1.00 bits per heavy atom. The van der Waals surface area contributed by atoms with Gasteiger partial charge in [0, 0.05) is 34.9 Å². The Hall–Kier alpha value is -3.24. The molecule has 0 aliphatic carbocycles. The number of carbonyl (C=O) groups excluding carboxylic acids is 2. The van der Waals surface area contributed by atoms with E-state index in [-0.39, 0.29) is 33.4 Å². The molecule has 28 heavy (non-hydrogen) atoms. The number of non-ortho nitro benzene ring substituents is 2. The molecule has 0 unspecified atom stereocenters. The third-order valence-electron chi connectivity index (χ3n) is 3.84. The van der Waals surface area contributed by atoms with Crippen molar-refractivity contribution in [1.82, 2.24) is 4.90 Å². The Morgan fingerprint density at radius 2 is 1.61 bits per heavy atom. The average molecular weight is 420 g/mol. The van der Waals surface area contributed by atoms with Gasteiger partial charge in [-0.05, 0) is 29.5 Å². The monoisotopic (exact) mass is 419 g/mol. The van der Waals surface area contributed by atoms with Crippen molar-refractivity contribution in [3.8, 4) is 0 Å². The minimum atomic E-state index is -0.589. The van der Waals surface area contributed by atoms with E-state index < -0.39 is 21.0 Å². The van der Waals surface area contributed by atoms with E-state index in [1.54, 1.807) is 0 Å². The highest BCUT2D eigenvalue weighted by molar-refractivity contribution is 8.18. The summed E-state index contributed by atoms with van der Waals surface area (Å²) in [7, 11) is 0. The summed E-state index contributed by atoms with van der Waals surface area (Å²) in [5.41, 5.74) is 0.498. The van der Waals surface area contributed by atoms with Gasteiger partial charge in [0.1, 0.15) is 0 Å². The summed E-state index contributed by atoms with van der Waals surface area (Å²) in [4.78, 5) is 46.3. The molecule has 2 amide bonds. The van der Waals surface area contributed by atoms with Gasteiger partial charge in [0.2, 0.25) is 0 Å². The summed E-state index contributed by atoms with van der Waals surface area (Å²) in [5.74, 6) is -0.573. The number of benzene rings is 2. The highest BCUT2D eigenvalue weighted by Gasteiger charge is 2.35. The summed E-state index contributed by atoms with van der Waals surface area (Å²) in [5, 5.41) is 21.3. The molecule has 1 aliphatic rings. The van der Waals surface area contributed by atoms with E-state index in [9.17, 15) is 29.8 Å². The molecule has 9 nitrogen and oxygen atoms in total. The zero-order valence-corrected chi connectivity index (χ0v) is 15.5. The Labute approximate surface area is 166 Å². The van der Waals surface area contributed by atoms with Crippen molar-refractivity contribution in [3.05, 3.63) is 83.7 Å². The first kappa shape index (κ1) is 19.5. The van der Waals surface area contributed by atoms with Gasteiger partial charge < -0.3 is 0 Å². The van der Waals surface area contributed by atoms with Crippen LogP contribution in [0.2, 0.25) is 5.02 Å². The van der Waals surface area contributed by atoms with Crippen molar-refractivity contribution < 1.29 is 19.4 Å². The maximum absolute atomic E-state index is 12.6. The van der Waals surface area contributed by atoms with E-state index in [0.29, 0.717) is 17.3 Å². The van der Waals surface area contributed by atoms with Gasteiger partial charge in [-0.3, -0.25) is 34.7 Å². The number of carbonyl (C=O) groups is 2. The number of nitro groups is 2. The van der Waals surface area contributed by atoms with Crippen LogP contribution in [0.15, 0.2) is 47.4 Å². The Balaban J connectivity index is 1.83. The van der Waals surface area contributed by atoms with Crippen molar-refractivity contribution in [1.29, 1.82) is 0 Å². The van der Waals surface area contributed by atoms with Crippen LogP contribution in [0.25, 0.3) is 6.08 Å². The molecule has 1 heterocycles. The third-order valence-corrected chi connectivity index (χ3v) is 5.09. The first-order chi connectivity index (χ1) is 13.3. The second kappa shape index (κ2) is 7.79. The van der Waals surface area contributed by atoms with Crippen LogP contribution in [0.5, 0.6) is 0 Å². The fourth-order valence-electron chi connectivity index (χ4n) is 2.44. The zero-order valence-electron chi connectivity index (χ0n) is 13.9. The quantitative estimate of drug-likeness (QED) is 0.399. The Morgan fingerprint density at radius 3 is 2.21 bits per heavy atom. The molecule has 3 rings (SSSR count). The molecule has 0 saturated carbocycles. The third kappa shape index (κ3) is 4.02. The standard InChI is InChI=1S/C17H10ClN3O6S/c18-14-6-5-13(21(26)27)7-11(14)8-15-16(22)19(17(23)28-15)9-10-1-3-12(4-2-10)20(24)25/h1-8H,9H2/b15-8-. The minimum Gasteiger partial charge on any atom is -0.268 e. The van der Waals surface area contributed by atoms with E-state index in [1.165, 1.54) is 48.5 Å². The van der Waals surface area contributed by atoms with Crippen molar-refractivity contribution in [2.75, 3.05) is 0 Å². The molecule has 0 atom stereocenters. The van der Waals surface area contributed by atoms with E-state index in [0.717, 1.165) is 4.90 Å². The predicted octanol–water partition coefficient (Wildman–Crippen LogP) is 4.39. The van der Waals surface area contributed by atoms with Gasteiger partial charge in [-0.2, -0.15) is 0 Å². The van der Waals surface area contributed by atoms with Gasteiger partial charge >= 0.3 is 0 Å². The molecule has 11 heteroatoms. The number of nitro benzene ring substituents is 2. The highest BCUT2D eigenvalue weighted by Crippen LogP contribution is 2.35. The molecular formula is C17H10ClN3O6S. The van der Waals surface area contributed by atoms with Gasteiger partial charge in [-0.15, -0.1) is 0 Å². The van der Waals surface area contributed by atoms with Crippen molar-refractivity contribution >= 4 is 52.0 Å². The van der Waals surface area contributed by atoms with E-state index in [1.807, 2.05) is 0 Å². The first-order valence-electron chi connectivity index (χ1n) is 7.69. The van der Waals surface area contributed by atoms with E-state index in [4.69, 9.17) is 11.6 Å². The van der Waals surface area contributed by atoms with Gasteiger partial charge in [0.05, 0.1) is 21.3 Å². The van der Waals surface area contributed by atoms with Gasteiger partial charge in [-0.25, -0.2) is 0 Å². The lowest BCUT2D eigenvalue weighted by atomic mass is 10.1. The zero-order chi connectivity index (χ0) is 20.4. The summed E-state index contributed by atoms with van der Waals surface area (Å²) in [6, 6.07) is 9.28. The number of halogens is 1. The number of hydrogen-bond acceptors (Lipinski definition) is 7. The van der Waals surface area contributed by atoms with Gasteiger partial charge in [-0.1, -0.05) is 23.7 Å². The maximum Gasteiger partial charge on any atom is 0.293 e. The van der Waals surface area contributed by atoms with Crippen molar-refractivity contribution in [2.24, 2.45) is 0 Å². The summed E-state index contributed by atoms with van der Waals surface area (Å²) in [6.45, 7) is -0.0529.